The number of amides is 1. The molecule has 0 aliphatic heterocycles. The highest BCUT2D eigenvalue weighted by Crippen LogP contribution is 2.20. The number of halogens is 2. The van der Waals surface area contributed by atoms with Gasteiger partial charge in [-0.2, -0.15) is 0 Å². The van der Waals surface area contributed by atoms with Crippen LogP contribution in [0, 0.1) is 0 Å². The van der Waals surface area contributed by atoms with Gasteiger partial charge in [-0.15, -0.1) is 0 Å². The fourth-order valence-electron chi connectivity index (χ4n) is 1.27. The number of hydrogen-bond acceptors (Lipinski definition) is 2. The quantitative estimate of drug-likeness (QED) is 0.891. The topological polar surface area (TPSA) is 38.3 Å². The Labute approximate surface area is 111 Å². The average Bonchev–Trinajstić information content (AvgIpc) is 2.29. The molecule has 3 nitrogen and oxygen atoms in total. The lowest BCUT2D eigenvalue weighted by Gasteiger charge is -2.07. The van der Waals surface area contributed by atoms with Crippen LogP contribution in [0.15, 0.2) is 18.2 Å². The van der Waals surface area contributed by atoms with Gasteiger partial charge < -0.3 is 10.1 Å². The standard InChI is InChI=1S/C12H15Cl2NO2/c1-2-7-17-12(16)15-6-5-9-3-4-10(13)8-11(9)14/h3-4,8H,2,5-7H2,1H3,(H,15,16). The van der Waals surface area contributed by atoms with Gasteiger partial charge in [-0.25, -0.2) is 4.79 Å². The van der Waals surface area contributed by atoms with Crippen LogP contribution in [0.2, 0.25) is 10.0 Å². The predicted molar refractivity (Wildman–Crippen MR) is 69.8 cm³/mol. The van der Waals surface area contributed by atoms with Crippen LogP contribution >= 0.6 is 23.2 Å². The highest BCUT2D eigenvalue weighted by atomic mass is 35.5. The van der Waals surface area contributed by atoms with Gasteiger partial charge in [0.2, 0.25) is 0 Å². The van der Waals surface area contributed by atoms with Crippen molar-refractivity contribution in [2.45, 2.75) is 19.8 Å². The predicted octanol–water partition coefficient (Wildman–Crippen LogP) is 3.67. The van der Waals surface area contributed by atoms with E-state index in [1.54, 1.807) is 12.1 Å². The van der Waals surface area contributed by atoms with Gasteiger partial charge in [-0.05, 0) is 30.5 Å². The first-order valence-corrected chi connectivity index (χ1v) is 6.23. The van der Waals surface area contributed by atoms with Crippen molar-refractivity contribution in [2.24, 2.45) is 0 Å². The molecule has 1 rings (SSSR count). The van der Waals surface area contributed by atoms with Gasteiger partial charge in [0.05, 0.1) is 6.61 Å². The van der Waals surface area contributed by atoms with Crippen LogP contribution in [0.3, 0.4) is 0 Å². The molecule has 0 atom stereocenters. The summed E-state index contributed by atoms with van der Waals surface area (Å²) in [6.45, 7) is 2.87. The number of alkyl carbamates (subject to hydrolysis) is 1. The Bertz CT molecular complexity index is 383. The van der Waals surface area contributed by atoms with Crippen molar-refractivity contribution in [3.8, 4) is 0 Å². The second-order valence-electron chi connectivity index (χ2n) is 3.55. The van der Waals surface area contributed by atoms with Crippen LogP contribution in [0.5, 0.6) is 0 Å². The molecule has 5 heteroatoms. The largest absolute Gasteiger partial charge is 0.450 e. The molecule has 0 saturated carbocycles. The minimum absolute atomic E-state index is 0.392. The van der Waals surface area contributed by atoms with Gasteiger partial charge in [0.25, 0.3) is 0 Å². The number of carbonyl (C=O) groups excluding carboxylic acids is 1. The number of carbonyl (C=O) groups is 1. The van der Waals surface area contributed by atoms with E-state index < -0.39 is 6.09 Å². The van der Waals surface area contributed by atoms with E-state index in [0.29, 0.717) is 29.6 Å². The fraction of sp³-hybridized carbons (Fsp3) is 0.417. The minimum Gasteiger partial charge on any atom is -0.450 e. The normalized spacial score (nSPS) is 10.1. The number of rotatable bonds is 5. The molecule has 0 saturated heterocycles. The Morgan fingerprint density at radius 3 is 2.82 bits per heavy atom. The van der Waals surface area contributed by atoms with Crippen molar-refractivity contribution in [2.75, 3.05) is 13.2 Å². The van der Waals surface area contributed by atoms with E-state index in [0.717, 1.165) is 12.0 Å². The van der Waals surface area contributed by atoms with Gasteiger partial charge in [0.1, 0.15) is 0 Å². The second kappa shape index (κ2) is 7.41. The molecular weight excluding hydrogens is 261 g/mol. The Kier molecular flexibility index (Phi) is 6.16. The fourth-order valence-corrected chi connectivity index (χ4v) is 1.77. The van der Waals surface area contributed by atoms with Gasteiger partial charge >= 0.3 is 6.09 Å². The maximum absolute atomic E-state index is 11.1. The number of ether oxygens (including phenoxy) is 1. The maximum Gasteiger partial charge on any atom is 0.407 e. The molecule has 0 bridgehead atoms. The summed E-state index contributed by atoms with van der Waals surface area (Å²) in [6, 6.07) is 5.32. The molecule has 0 radical (unpaired) electrons. The molecule has 0 spiro atoms. The SMILES string of the molecule is CCCOC(=O)NCCc1ccc(Cl)cc1Cl. The van der Waals surface area contributed by atoms with Crippen LogP contribution in [0.1, 0.15) is 18.9 Å². The molecule has 17 heavy (non-hydrogen) atoms. The summed E-state index contributed by atoms with van der Waals surface area (Å²) in [7, 11) is 0. The first kappa shape index (κ1) is 14.1. The lowest BCUT2D eigenvalue weighted by molar-refractivity contribution is 0.146. The third-order valence-corrected chi connectivity index (χ3v) is 2.70. The maximum atomic E-state index is 11.1. The third kappa shape index (κ3) is 5.29. The molecule has 0 heterocycles. The van der Waals surface area contributed by atoms with E-state index in [9.17, 15) is 4.79 Å². The summed E-state index contributed by atoms with van der Waals surface area (Å²) in [5.41, 5.74) is 0.951. The van der Waals surface area contributed by atoms with Gasteiger partial charge in [-0.1, -0.05) is 36.2 Å². The van der Waals surface area contributed by atoms with E-state index in [-0.39, 0.29) is 0 Å². The molecule has 94 valence electrons. The van der Waals surface area contributed by atoms with E-state index >= 15 is 0 Å². The third-order valence-electron chi connectivity index (χ3n) is 2.12. The number of benzene rings is 1. The average molecular weight is 276 g/mol. The first-order chi connectivity index (χ1) is 8.13. The smallest absolute Gasteiger partial charge is 0.407 e. The summed E-state index contributed by atoms with van der Waals surface area (Å²) in [5.74, 6) is 0. The lowest BCUT2D eigenvalue weighted by Crippen LogP contribution is -2.26. The molecule has 1 aromatic carbocycles. The Balaban J connectivity index is 2.33. The van der Waals surface area contributed by atoms with Crippen LogP contribution in [-0.2, 0) is 11.2 Å². The summed E-state index contributed by atoms with van der Waals surface area (Å²) in [4.78, 5) is 11.1. The highest BCUT2D eigenvalue weighted by Gasteiger charge is 2.03. The zero-order valence-corrected chi connectivity index (χ0v) is 11.1. The van der Waals surface area contributed by atoms with Crippen molar-refractivity contribution in [1.82, 2.24) is 5.32 Å². The molecule has 0 aliphatic rings. The van der Waals surface area contributed by atoms with Crippen molar-refractivity contribution in [3.63, 3.8) is 0 Å². The number of hydrogen-bond donors (Lipinski definition) is 1. The zero-order valence-electron chi connectivity index (χ0n) is 9.63. The first-order valence-electron chi connectivity index (χ1n) is 5.48. The number of nitrogens with one attached hydrogen (secondary N) is 1. The molecule has 1 N–H and O–H groups in total. The van der Waals surface area contributed by atoms with Crippen LogP contribution in [0.25, 0.3) is 0 Å². The highest BCUT2D eigenvalue weighted by molar-refractivity contribution is 6.35. The molecular formula is C12H15Cl2NO2. The van der Waals surface area contributed by atoms with Crippen molar-refractivity contribution in [1.29, 1.82) is 0 Å². The van der Waals surface area contributed by atoms with Crippen LogP contribution in [-0.4, -0.2) is 19.2 Å². The van der Waals surface area contributed by atoms with E-state index in [1.165, 1.54) is 0 Å². The Morgan fingerprint density at radius 2 is 2.18 bits per heavy atom. The van der Waals surface area contributed by atoms with Gasteiger partial charge in [-0.3, -0.25) is 0 Å². The van der Waals surface area contributed by atoms with Crippen molar-refractivity contribution in [3.05, 3.63) is 33.8 Å². The van der Waals surface area contributed by atoms with E-state index in [4.69, 9.17) is 27.9 Å². The summed E-state index contributed by atoms with van der Waals surface area (Å²) >= 11 is 11.8. The molecule has 1 amide bonds. The van der Waals surface area contributed by atoms with E-state index in [2.05, 4.69) is 5.32 Å². The van der Waals surface area contributed by atoms with E-state index in [1.807, 2.05) is 13.0 Å². The summed E-state index contributed by atoms with van der Waals surface area (Å²) < 4.78 is 4.87. The Morgan fingerprint density at radius 1 is 1.41 bits per heavy atom. The van der Waals surface area contributed by atoms with Crippen LogP contribution in [0.4, 0.5) is 4.79 Å². The van der Waals surface area contributed by atoms with Crippen LogP contribution < -0.4 is 5.32 Å². The second-order valence-corrected chi connectivity index (χ2v) is 4.39. The zero-order chi connectivity index (χ0) is 12.7. The summed E-state index contributed by atoms with van der Waals surface area (Å²) in [5, 5.41) is 3.87. The van der Waals surface area contributed by atoms with Crippen molar-refractivity contribution < 1.29 is 9.53 Å². The molecule has 0 aromatic heterocycles. The Hall–Kier alpha value is -0.930. The van der Waals surface area contributed by atoms with Gasteiger partial charge in [0.15, 0.2) is 0 Å². The minimum atomic E-state index is -0.392. The van der Waals surface area contributed by atoms with Crippen molar-refractivity contribution >= 4 is 29.3 Å². The monoisotopic (exact) mass is 275 g/mol. The van der Waals surface area contributed by atoms with Gasteiger partial charge in [0, 0.05) is 16.6 Å². The molecule has 0 fully saturated rings. The lowest BCUT2D eigenvalue weighted by atomic mass is 10.1. The molecule has 1 aromatic rings. The summed E-state index contributed by atoms with van der Waals surface area (Å²) in [6.07, 6.45) is 1.07. The molecule has 0 aliphatic carbocycles. The molecule has 0 unspecified atom stereocenters.